The van der Waals surface area contributed by atoms with E-state index in [2.05, 4.69) is 26.8 Å². The fourth-order valence-corrected chi connectivity index (χ4v) is 3.23. The average Bonchev–Trinajstić information content (AvgIpc) is 2.27. The van der Waals surface area contributed by atoms with Gasteiger partial charge in [-0.1, -0.05) is 25.5 Å². The van der Waals surface area contributed by atoms with Gasteiger partial charge in [0.05, 0.1) is 0 Å². The van der Waals surface area contributed by atoms with E-state index < -0.39 is 0 Å². The molecule has 0 amide bonds. The summed E-state index contributed by atoms with van der Waals surface area (Å²) in [5.41, 5.74) is 2.93. The van der Waals surface area contributed by atoms with Crippen LogP contribution in [0.3, 0.4) is 0 Å². The van der Waals surface area contributed by atoms with Gasteiger partial charge in [0.25, 0.3) is 0 Å². The second-order valence-electron chi connectivity index (χ2n) is 6.20. The van der Waals surface area contributed by atoms with Crippen molar-refractivity contribution in [1.82, 2.24) is 0 Å². The van der Waals surface area contributed by atoms with Gasteiger partial charge in [-0.2, -0.15) is 0 Å². The van der Waals surface area contributed by atoms with Gasteiger partial charge < -0.3 is 10.2 Å². The molecule has 0 saturated heterocycles. The molecule has 0 saturated carbocycles. The molecule has 2 N–H and O–H groups in total. The van der Waals surface area contributed by atoms with Crippen molar-refractivity contribution < 1.29 is 10.2 Å². The first-order valence-corrected chi connectivity index (χ1v) is 7.10. The quantitative estimate of drug-likeness (QED) is 0.768. The molecule has 1 aliphatic carbocycles. The number of benzene rings is 1. The second kappa shape index (κ2) is 5.28. The lowest BCUT2D eigenvalue weighted by atomic mass is 9.71. The van der Waals surface area contributed by atoms with Crippen molar-refractivity contribution in [2.75, 3.05) is 0 Å². The van der Waals surface area contributed by atoms with Crippen LogP contribution in [0.15, 0.2) is 23.8 Å². The van der Waals surface area contributed by atoms with E-state index in [0.29, 0.717) is 17.4 Å². The maximum atomic E-state index is 10.2. The highest BCUT2D eigenvalue weighted by atomic mass is 16.3. The van der Waals surface area contributed by atoms with Crippen molar-refractivity contribution in [3.8, 4) is 11.5 Å². The molecule has 2 atom stereocenters. The van der Waals surface area contributed by atoms with Crippen LogP contribution >= 0.6 is 0 Å². The molecule has 1 aliphatic rings. The molecule has 0 heterocycles. The normalized spacial score (nSPS) is 23.5. The molecule has 0 fully saturated rings. The summed E-state index contributed by atoms with van der Waals surface area (Å²) in [7, 11) is 0. The summed E-state index contributed by atoms with van der Waals surface area (Å²) in [5, 5.41) is 20.4. The molecule has 2 nitrogen and oxygen atoms in total. The maximum Gasteiger partial charge on any atom is 0.123 e. The van der Waals surface area contributed by atoms with Gasteiger partial charge in [-0.3, -0.25) is 0 Å². The standard InChI is InChI=1S/C17H24O2/c1-10(2)13-6-5-11(3)7-14(13)17-15(18)8-12(4)9-16(17)19/h7-10,13-14,18-19H,5-6H2,1-4H3/t13-,14+/m0/s1. The minimum Gasteiger partial charge on any atom is -0.507 e. The van der Waals surface area contributed by atoms with E-state index in [1.54, 1.807) is 12.1 Å². The molecular weight excluding hydrogens is 236 g/mol. The maximum absolute atomic E-state index is 10.2. The summed E-state index contributed by atoms with van der Waals surface area (Å²) >= 11 is 0. The van der Waals surface area contributed by atoms with E-state index in [4.69, 9.17) is 0 Å². The first-order chi connectivity index (χ1) is 8.90. The highest BCUT2D eigenvalue weighted by Gasteiger charge is 2.31. The van der Waals surface area contributed by atoms with E-state index in [1.165, 1.54) is 5.57 Å². The van der Waals surface area contributed by atoms with Crippen LogP contribution in [0, 0.1) is 18.8 Å². The van der Waals surface area contributed by atoms with Gasteiger partial charge in [-0.05, 0) is 56.2 Å². The molecule has 0 aliphatic heterocycles. The number of hydrogen-bond acceptors (Lipinski definition) is 2. The monoisotopic (exact) mass is 260 g/mol. The zero-order chi connectivity index (χ0) is 14.2. The Morgan fingerprint density at radius 3 is 2.21 bits per heavy atom. The Balaban J connectivity index is 2.51. The van der Waals surface area contributed by atoms with Crippen molar-refractivity contribution in [2.45, 2.75) is 46.5 Å². The fraction of sp³-hybridized carbons (Fsp3) is 0.529. The smallest absolute Gasteiger partial charge is 0.123 e. The van der Waals surface area contributed by atoms with Gasteiger partial charge in [0.15, 0.2) is 0 Å². The summed E-state index contributed by atoms with van der Waals surface area (Å²) in [6.07, 6.45) is 4.46. The van der Waals surface area contributed by atoms with Crippen LogP contribution in [0.1, 0.15) is 50.7 Å². The highest BCUT2D eigenvalue weighted by Crippen LogP contribution is 2.46. The molecule has 19 heavy (non-hydrogen) atoms. The van der Waals surface area contributed by atoms with Gasteiger partial charge >= 0.3 is 0 Å². The Morgan fingerprint density at radius 1 is 1.11 bits per heavy atom. The van der Waals surface area contributed by atoms with Crippen LogP contribution in [-0.4, -0.2) is 10.2 Å². The Kier molecular flexibility index (Phi) is 3.88. The molecular formula is C17H24O2. The number of rotatable bonds is 2. The van der Waals surface area contributed by atoms with E-state index >= 15 is 0 Å². The van der Waals surface area contributed by atoms with Crippen LogP contribution < -0.4 is 0 Å². The number of phenolic OH excluding ortho intramolecular Hbond substituents is 2. The van der Waals surface area contributed by atoms with Crippen LogP contribution in [0.25, 0.3) is 0 Å². The Bertz CT molecular complexity index is 477. The zero-order valence-electron chi connectivity index (χ0n) is 12.3. The minimum atomic E-state index is 0.120. The predicted molar refractivity (Wildman–Crippen MR) is 78.6 cm³/mol. The Hall–Kier alpha value is -1.44. The summed E-state index contributed by atoms with van der Waals surface area (Å²) in [6, 6.07) is 3.48. The first kappa shape index (κ1) is 14.0. The molecule has 1 aromatic rings. The summed E-state index contributed by atoms with van der Waals surface area (Å²) in [4.78, 5) is 0. The number of allylic oxidation sites excluding steroid dienone is 2. The predicted octanol–water partition coefficient (Wildman–Crippen LogP) is 4.50. The molecule has 0 spiro atoms. The number of hydrogen-bond donors (Lipinski definition) is 2. The third-order valence-electron chi connectivity index (χ3n) is 4.27. The summed E-state index contributed by atoms with van der Waals surface area (Å²) in [6.45, 7) is 8.44. The van der Waals surface area contributed by atoms with Gasteiger partial charge in [0, 0.05) is 11.5 Å². The molecule has 104 valence electrons. The van der Waals surface area contributed by atoms with Crippen molar-refractivity contribution in [2.24, 2.45) is 11.8 Å². The number of aromatic hydroxyl groups is 2. The third kappa shape index (κ3) is 2.78. The van der Waals surface area contributed by atoms with Crippen LogP contribution in [0.2, 0.25) is 0 Å². The SMILES string of the molecule is CC1=C[C@@H](c2c(O)cc(C)cc2O)[C@H](C(C)C)CC1. The lowest BCUT2D eigenvalue weighted by Crippen LogP contribution is -2.21. The molecule has 0 radical (unpaired) electrons. The van der Waals surface area contributed by atoms with E-state index in [0.717, 1.165) is 18.4 Å². The number of phenols is 2. The van der Waals surface area contributed by atoms with Crippen molar-refractivity contribution in [1.29, 1.82) is 0 Å². The topological polar surface area (TPSA) is 40.5 Å². The van der Waals surface area contributed by atoms with Crippen molar-refractivity contribution >= 4 is 0 Å². The van der Waals surface area contributed by atoms with Crippen LogP contribution in [-0.2, 0) is 0 Å². The largest absolute Gasteiger partial charge is 0.507 e. The first-order valence-electron chi connectivity index (χ1n) is 7.10. The molecule has 1 aromatic carbocycles. The van der Waals surface area contributed by atoms with Crippen molar-refractivity contribution in [3.05, 3.63) is 34.9 Å². The van der Waals surface area contributed by atoms with Crippen molar-refractivity contribution in [3.63, 3.8) is 0 Å². The molecule has 2 rings (SSSR count). The van der Waals surface area contributed by atoms with Crippen LogP contribution in [0.4, 0.5) is 0 Å². The van der Waals surface area contributed by atoms with E-state index in [-0.39, 0.29) is 17.4 Å². The fourth-order valence-electron chi connectivity index (χ4n) is 3.23. The summed E-state index contributed by atoms with van der Waals surface area (Å²) < 4.78 is 0. The molecule has 0 aromatic heterocycles. The van der Waals surface area contributed by atoms with Gasteiger partial charge in [-0.15, -0.1) is 0 Å². The third-order valence-corrected chi connectivity index (χ3v) is 4.27. The van der Waals surface area contributed by atoms with E-state index in [1.807, 2.05) is 6.92 Å². The van der Waals surface area contributed by atoms with Gasteiger partial charge in [0.1, 0.15) is 11.5 Å². The molecule has 0 bridgehead atoms. The minimum absolute atomic E-state index is 0.120. The van der Waals surface area contributed by atoms with Gasteiger partial charge in [-0.25, -0.2) is 0 Å². The second-order valence-corrected chi connectivity index (χ2v) is 6.20. The molecule has 0 unspecified atom stereocenters. The lowest BCUT2D eigenvalue weighted by molar-refractivity contribution is 0.304. The lowest BCUT2D eigenvalue weighted by Gasteiger charge is -2.33. The Labute approximate surface area is 115 Å². The molecule has 2 heteroatoms. The zero-order valence-corrected chi connectivity index (χ0v) is 12.3. The average molecular weight is 260 g/mol. The van der Waals surface area contributed by atoms with E-state index in [9.17, 15) is 10.2 Å². The Morgan fingerprint density at radius 2 is 1.68 bits per heavy atom. The summed E-state index contributed by atoms with van der Waals surface area (Å²) in [5.74, 6) is 1.57. The highest BCUT2D eigenvalue weighted by molar-refractivity contribution is 5.50. The van der Waals surface area contributed by atoms with Crippen LogP contribution in [0.5, 0.6) is 11.5 Å². The number of aryl methyl sites for hydroxylation is 1. The van der Waals surface area contributed by atoms with Gasteiger partial charge in [0.2, 0.25) is 0 Å².